The summed E-state index contributed by atoms with van der Waals surface area (Å²) in [7, 11) is -9.31. The Morgan fingerprint density at radius 1 is 1.13 bits per heavy atom. The lowest BCUT2D eigenvalue weighted by Gasteiger charge is -1.82. The van der Waals surface area contributed by atoms with Crippen molar-refractivity contribution in [2.45, 2.75) is 0 Å². The predicted octanol–water partition coefficient (Wildman–Crippen LogP) is -2.52. The average molecular weight is 272 g/mol. The Kier molecular flexibility index (Phi) is 11.5. The van der Waals surface area contributed by atoms with E-state index >= 15 is 0 Å². The fourth-order valence-corrected chi connectivity index (χ4v) is 0. The van der Waals surface area contributed by atoms with Crippen LogP contribution in [-0.4, -0.2) is 55.0 Å². The minimum Gasteiger partial charge on any atom is -0.480 e. The second-order valence-electron chi connectivity index (χ2n) is 1.51. The standard InChI is InChI=1S/C2H4O3.H3O4P.H2O4S/c3-1-2(4)5;2*1-5(2,3)4/h3H,1H2,(H,4,5);(H3,1,2,3,4);(H2,1,2,3,4). The first kappa shape index (κ1) is 19.9. The van der Waals surface area contributed by atoms with Crippen LogP contribution in [0.3, 0.4) is 0 Å². The molecule has 0 aliphatic carbocycles. The van der Waals surface area contributed by atoms with Gasteiger partial charge < -0.3 is 24.9 Å². The molecule has 0 aromatic rings. The number of aliphatic hydroxyl groups is 1. The highest BCUT2D eigenvalue weighted by atomic mass is 32.3. The van der Waals surface area contributed by atoms with Crippen molar-refractivity contribution < 1.29 is 51.8 Å². The average Bonchev–Trinajstić information content (AvgIpc) is 1.79. The van der Waals surface area contributed by atoms with Gasteiger partial charge in [-0.1, -0.05) is 0 Å². The Morgan fingerprint density at radius 2 is 1.20 bits per heavy atom. The Balaban J connectivity index is -0.000000144. The van der Waals surface area contributed by atoms with E-state index in [4.69, 9.17) is 51.8 Å². The van der Waals surface area contributed by atoms with Gasteiger partial charge in [-0.25, -0.2) is 9.36 Å². The Hall–Kier alpha value is -0.590. The summed E-state index contributed by atoms with van der Waals surface area (Å²) < 4.78 is 40.5. The number of phosphoric acid groups is 1. The number of carboxylic acid groups (broad SMARTS) is 1. The topological polar surface area (TPSA) is 210 Å². The maximum Gasteiger partial charge on any atom is 0.466 e. The van der Waals surface area contributed by atoms with Crippen LogP contribution in [0.5, 0.6) is 0 Å². The van der Waals surface area contributed by atoms with Crippen LogP contribution in [0.4, 0.5) is 0 Å². The molecule has 13 heteroatoms. The molecule has 0 saturated carbocycles. The van der Waals surface area contributed by atoms with E-state index in [1.807, 2.05) is 0 Å². The van der Waals surface area contributed by atoms with E-state index in [0.29, 0.717) is 0 Å². The normalized spacial score (nSPS) is 10.3. The molecule has 0 rings (SSSR count). The number of aliphatic hydroxyl groups excluding tert-OH is 1. The largest absolute Gasteiger partial charge is 0.480 e. The van der Waals surface area contributed by atoms with E-state index in [1.54, 1.807) is 0 Å². The number of hydrogen-bond acceptors (Lipinski definition) is 5. The number of rotatable bonds is 1. The first-order valence-corrected chi connectivity index (χ1v) is 5.54. The lowest BCUT2D eigenvalue weighted by Crippen LogP contribution is -1.98. The Morgan fingerprint density at radius 3 is 1.20 bits per heavy atom. The third-order valence-corrected chi connectivity index (χ3v) is 0.135. The summed E-state index contributed by atoms with van der Waals surface area (Å²) in [5, 5.41) is 15.0. The molecule has 0 amide bonds. The van der Waals surface area contributed by atoms with Crippen LogP contribution in [0.1, 0.15) is 0 Å². The monoisotopic (exact) mass is 272 g/mol. The van der Waals surface area contributed by atoms with Gasteiger partial charge in [0, 0.05) is 0 Å². The molecule has 0 heterocycles. The van der Waals surface area contributed by atoms with Crippen molar-refractivity contribution in [1.29, 1.82) is 0 Å². The zero-order valence-corrected chi connectivity index (χ0v) is 8.54. The minimum absolute atomic E-state index is 0.778. The van der Waals surface area contributed by atoms with Crippen LogP contribution in [0.15, 0.2) is 0 Å². The van der Waals surface area contributed by atoms with Gasteiger partial charge in [-0.15, -0.1) is 0 Å². The van der Waals surface area contributed by atoms with Crippen molar-refractivity contribution in [3.63, 3.8) is 0 Å². The zero-order valence-electron chi connectivity index (χ0n) is 6.83. The summed E-state index contributed by atoms with van der Waals surface area (Å²) in [6.45, 7) is -0.778. The second kappa shape index (κ2) is 8.70. The SMILES string of the molecule is O=C(O)CO.O=P(O)(O)O.O=S(=O)(O)O. The maximum atomic E-state index is 9.12. The molecule has 0 aromatic heterocycles. The van der Waals surface area contributed by atoms with Gasteiger partial charge in [-0.3, -0.25) is 9.11 Å². The van der Waals surface area contributed by atoms with Gasteiger partial charge in [0.15, 0.2) is 0 Å². The van der Waals surface area contributed by atoms with E-state index in [1.165, 1.54) is 0 Å². The molecule has 0 unspecified atom stereocenters. The van der Waals surface area contributed by atoms with E-state index in [9.17, 15) is 0 Å². The van der Waals surface area contributed by atoms with Crippen molar-refractivity contribution in [1.82, 2.24) is 0 Å². The summed E-state index contributed by atoms with van der Waals surface area (Å²) in [6.07, 6.45) is 0. The molecule has 0 radical (unpaired) electrons. The molecule has 0 saturated heterocycles. The van der Waals surface area contributed by atoms with E-state index in [0.717, 1.165) is 0 Å². The van der Waals surface area contributed by atoms with Gasteiger partial charge in [0.05, 0.1) is 0 Å². The summed E-state index contributed by atoms with van der Waals surface area (Å²) in [5.41, 5.74) is 0. The summed E-state index contributed by atoms with van der Waals surface area (Å²) >= 11 is 0. The molecule has 15 heavy (non-hydrogen) atoms. The molecule has 0 fully saturated rings. The Labute approximate surface area is 83.4 Å². The molecule has 7 N–H and O–H groups in total. The Bertz CT molecular complexity index is 280. The van der Waals surface area contributed by atoms with Gasteiger partial charge in [-0.05, 0) is 0 Å². The van der Waals surface area contributed by atoms with Crippen molar-refractivity contribution >= 4 is 24.2 Å². The maximum absolute atomic E-state index is 9.12. The number of carboxylic acids is 1. The van der Waals surface area contributed by atoms with Gasteiger partial charge in [0.1, 0.15) is 6.61 Å². The van der Waals surface area contributed by atoms with Gasteiger partial charge in [-0.2, -0.15) is 8.42 Å². The van der Waals surface area contributed by atoms with E-state index in [-0.39, 0.29) is 0 Å². The van der Waals surface area contributed by atoms with Gasteiger partial charge in [0.25, 0.3) is 0 Å². The highest BCUT2D eigenvalue weighted by Crippen LogP contribution is 2.25. The van der Waals surface area contributed by atoms with Gasteiger partial charge in [0.2, 0.25) is 0 Å². The molecule has 11 nitrogen and oxygen atoms in total. The molecule has 0 aromatic carbocycles. The molecule has 0 atom stereocenters. The highest BCUT2D eigenvalue weighted by Gasteiger charge is 2.00. The molecule has 0 aliphatic rings. The molecule has 0 aliphatic heterocycles. The number of hydrogen-bond donors (Lipinski definition) is 7. The van der Waals surface area contributed by atoms with Crippen LogP contribution >= 0.6 is 7.82 Å². The van der Waals surface area contributed by atoms with Crippen LogP contribution in [-0.2, 0) is 19.8 Å². The summed E-state index contributed by atoms with van der Waals surface area (Å²) in [4.78, 5) is 30.7. The molecular weight excluding hydrogens is 263 g/mol. The van der Waals surface area contributed by atoms with Crippen LogP contribution in [0.25, 0.3) is 0 Å². The van der Waals surface area contributed by atoms with Crippen molar-refractivity contribution in [2.75, 3.05) is 6.61 Å². The smallest absolute Gasteiger partial charge is 0.466 e. The second-order valence-corrected chi connectivity index (χ2v) is 3.44. The highest BCUT2D eigenvalue weighted by molar-refractivity contribution is 7.79. The van der Waals surface area contributed by atoms with E-state index in [2.05, 4.69) is 0 Å². The minimum atomic E-state index is -4.67. The molecular formula is C2H9O11PS. The first-order chi connectivity index (χ1) is 6.27. The van der Waals surface area contributed by atoms with Crippen molar-refractivity contribution in [2.24, 2.45) is 0 Å². The number of aliphatic carboxylic acids is 1. The predicted molar refractivity (Wildman–Crippen MR) is 43.2 cm³/mol. The van der Waals surface area contributed by atoms with Crippen molar-refractivity contribution in [3.8, 4) is 0 Å². The molecule has 0 spiro atoms. The lowest BCUT2D eigenvalue weighted by molar-refractivity contribution is -0.140. The zero-order chi connectivity index (χ0) is 13.3. The third kappa shape index (κ3) is 878. The van der Waals surface area contributed by atoms with Crippen molar-refractivity contribution in [3.05, 3.63) is 0 Å². The lowest BCUT2D eigenvalue weighted by atomic mass is 10.8. The fourth-order valence-electron chi connectivity index (χ4n) is 0. The third-order valence-electron chi connectivity index (χ3n) is 0.135. The summed E-state index contributed by atoms with van der Waals surface area (Å²) in [6, 6.07) is 0. The van der Waals surface area contributed by atoms with Gasteiger partial charge >= 0.3 is 24.2 Å². The van der Waals surface area contributed by atoms with E-state index < -0.39 is 30.8 Å². The number of carbonyl (C=O) groups is 1. The molecule has 94 valence electrons. The van der Waals surface area contributed by atoms with Crippen LogP contribution in [0, 0.1) is 0 Å². The fraction of sp³-hybridized carbons (Fsp3) is 0.500. The quantitative estimate of drug-likeness (QED) is 0.195. The summed E-state index contributed by atoms with van der Waals surface area (Å²) in [5.74, 6) is -1.19. The van der Waals surface area contributed by atoms with Crippen LogP contribution < -0.4 is 0 Å². The first-order valence-electron chi connectivity index (χ1n) is 2.58. The van der Waals surface area contributed by atoms with Crippen LogP contribution in [0.2, 0.25) is 0 Å². The molecule has 0 bridgehead atoms.